The Hall–Kier alpha value is -2.22. The molecule has 8 heteroatoms. The molecule has 1 saturated heterocycles. The number of carbonyl (C=O) groups excluding carboxylic acids is 1. The minimum absolute atomic E-state index is 0.0807. The molecule has 2 atom stereocenters. The lowest BCUT2D eigenvalue weighted by Gasteiger charge is -2.43. The van der Waals surface area contributed by atoms with E-state index in [-0.39, 0.29) is 30.4 Å². The molecule has 1 saturated carbocycles. The van der Waals surface area contributed by atoms with Gasteiger partial charge in [0.1, 0.15) is 5.75 Å². The van der Waals surface area contributed by atoms with Gasteiger partial charge in [-0.15, -0.1) is 0 Å². The van der Waals surface area contributed by atoms with Crippen LogP contribution in [0, 0.1) is 15.9 Å². The first-order chi connectivity index (χ1) is 11.6. The highest BCUT2D eigenvalue weighted by Crippen LogP contribution is 2.28. The lowest BCUT2D eigenvalue weighted by Crippen LogP contribution is -2.55. The fraction of sp³-hybridized carbons (Fsp3) is 0.562. The number of morpholine rings is 1. The molecule has 2 unspecified atom stereocenters. The first kappa shape index (κ1) is 16.6. The van der Waals surface area contributed by atoms with Crippen molar-refractivity contribution in [1.29, 1.82) is 0 Å². The quantitative estimate of drug-likeness (QED) is 0.621. The molecule has 0 spiro atoms. The standard InChI is InChI=1S/C16H19FN2O5/c17-12-9-11(5-6-13(12)19(21)22)24-10-16(20)18-7-8-23-15-4-2-1-3-14(15)18/h5-6,9,14-15H,1-4,7-8,10H2. The van der Waals surface area contributed by atoms with Crippen molar-refractivity contribution in [1.82, 2.24) is 4.90 Å². The van der Waals surface area contributed by atoms with E-state index in [1.807, 2.05) is 0 Å². The number of nitrogens with zero attached hydrogens (tertiary/aromatic N) is 2. The first-order valence-electron chi connectivity index (χ1n) is 8.04. The summed E-state index contributed by atoms with van der Waals surface area (Å²) in [4.78, 5) is 24.0. The van der Waals surface area contributed by atoms with E-state index in [2.05, 4.69) is 0 Å². The van der Waals surface area contributed by atoms with Crippen LogP contribution in [0.4, 0.5) is 10.1 Å². The Morgan fingerprint density at radius 3 is 2.96 bits per heavy atom. The van der Waals surface area contributed by atoms with Crippen LogP contribution in [0.1, 0.15) is 25.7 Å². The number of hydrogen-bond acceptors (Lipinski definition) is 5. The minimum atomic E-state index is -0.983. The molecule has 1 aromatic carbocycles. The van der Waals surface area contributed by atoms with Crippen molar-refractivity contribution in [3.63, 3.8) is 0 Å². The lowest BCUT2D eigenvalue weighted by molar-refractivity contribution is -0.387. The van der Waals surface area contributed by atoms with E-state index < -0.39 is 16.4 Å². The number of hydrogen-bond donors (Lipinski definition) is 0. The van der Waals surface area contributed by atoms with E-state index in [0.29, 0.717) is 13.2 Å². The van der Waals surface area contributed by atoms with Crippen LogP contribution in [-0.2, 0) is 9.53 Å². The summed E-state index contributed by atoms with van der Waals surface area (Å²) in [7, 11) is 0. The number of ether oxygens (including phenoxy) is 2. The molecular weight excluding hydrogens is 319 g/mol. The van der Waals surface area contributed by atoms with E-state index in [1.54, 1.807) is 4.90 Å². The Balaban J connectivity index is 1.60. The Kier molecular flexibility index (Phi) is 4.94. The molecule has 1 amide bonds. The maximum atomic E-state index is 13.6. The molecule has 0 N–H and O–H groups in total. The number of benzene rings is 1. The molecule has 0 aromatic heterocycles. The summed E-state index contributed by atoms with van der Waals surface area (Å²) in [6.07, 6.45) is 4.16. The highest BCUT2D eigenvalue weighted by atomic mass is 19.1. The van der Waals surface area contributed by atoms with E-state index in [1.165, 1.54) is 6.07 Å². The molecule has 2 fully saturated rings. The smallest absolute Gasteiger partial charge is 0.305 e. The topological polar surface area (TPSA) is 81.9 Å². The van der Waals surface area contributed by atoms with Gasteiger partial charge in [-0.3, -0.25) is 14.9 Å². The SMILES string of the molecule is O=C(COc1ccc([N+](=O)[O-])c(F)c1)N1CCOC2CCCCC21. The van der Waals surface area contributed by atoms with Crippen LogP contribution in [0.2, 0.25) is 0 Å². The Morgan fingerprint density at radius 2 is 2.21 bits per heavy atom. The summed E-state index contributed by atoms with van der Waals surface area (Å²) in [5, 5.41) is 10.6. The van der Waals surface area contributed by atoms with Crippen molar-refractivity contribution in [3.05, 3.63) is 34.1 Å². The number of nitro groups is 1. The van der Waals surface area contributed by atoms with Crippen LogP contribution in [0.15, 0.2) is 18.2 Å². The van der Waals surface area contributed by atoms with Crippen molar-refractivity contribution in [2.45, 2.75) is 37.8 Å². The van der Waals surface area contributed by atoms with Crippen LogP contribution in [0.25, 0.3) is 0 Å². The maximum absolute atomic E-state index is 13.6. The third-order valence-electron chi connectivity index (χ3n) is 4.53. The molecule has 7 nitrogen and oxygen atoms in total. The summed E-state index contributed by atoms with van der Waals surface area (Å²) in [6.45, 7) is 0.817. The molecule has 1 aliphatic carbocycles. The zero-order chi connectivity index (χ0) is 17.1. The number of rotatable bonds is 4. The van der Waals surface area contributed by atoms with E-state index in [0.717, 1.165) is 37.8 Å². The second kappa shape index (κ2) is 7.12. The molecule has 0 radical (unpaired) electrons. The summed E-state index contributed by atoms with van der Waals surface area (Å²) in [6, 6.07) is 3.32. The largest absolute Gasteiger partial charge is 0.484 e. The Labute approximate surface area is 138 Å². The van der Waals surface area contributed by atoms with E-state index in [9.17, 15) is 19.3 Å². The molecule has 1 heterocycles. The van der Waals surface area contributed by atoms with Gasteiger partial charge in [-0.25, -0.2) is 0 Å². The molecule has 1 aromatic rings. The highest BCUT2D eigenvalue weighted by molar-refractivity contribution is 5.78. The average molecular weight is 338 g/mol. The second-order valence-electron chi connectivity index (χ2n) is 6.01. The minimum Gasteiger partial charge on any atom is -0.484 e. The molecule has 3 rings (SSSR count). The third kappa shape index (κ3) is 3.48. The fourth-order valence-corrected chi connectivity index (χ4v) is 3.36. The van der Waals surface area contributed by atoms with Crippen LogP contribution < -0.4 is 4.74 Å². The third-order valence-corrected chi connectivity index (χ3v) is 4.53. The second-order valence-corrected chi connectivity index (χ2v) is 6.01. The molecule has 24 heavy (non-hydrogen) atoms. The van der Waals surface area contributed by atoms with Crippen molar-refractivity contribution in [2.75, 3.05) is 19.8 Å². The molecule has 2 aliphatic rings. The van der Waals surface area contributed by atoms with Crippen LogP contribution in [-0.4, -0.2) is 47.6 Å². The summed E-state index contributed by atoms with van der Waals surface area (Å²) >= 11 is 0. The molecular formula is C16H19FN2O5. The zero-order valence-corrected chi connectivity index (χ0v) is 13.2. The van der Waals surface area contributed by atoms with E-state index >= 15 is 0 Å². The number of halogens is 1. The fourth-order valence-electron chi connectivity index (χ4n) is 3.36. The van der Waals surface area contributed by atoms with Crippen molar-refractivity contribution in [2.24, 2.45) is 0 Å². The Morgan fingerprint density at radius 1 is 1.42 bits per heavy atom. The maximum Gasteiger partial charge on any atom is 0.305 e. The number of amides is 1. The van der Waals surface area contributed by atoms with Gasteiger partial charge in [-0.2, -0.15) is 4.39 Å². The van der Waals surface area contributed by atoms with Crippen LogP contribution >= 0.6 is 0 Å². The predicted octanol–water partition coefficient (Wildman–Crippen LogP) is 2.28. The monoisotopic (exact) mass is 338 g/mol. The summed E-state index contributed by atoms with van der Waals surface area (Å²) in [5.41, 5.74) is -0.619. The summed E-state index contributed by atoms with van der Waals surface area (Å²) in [5.74, 6) is -1.06. The van der Waals surface area contributed by atoms with Gasteiger partial charge in [0.25, 0.3) is 5.91 Å². The van der Waals surface area contributed by atoms with Crippen LogP contribution in [0.5, 0.6) is 5.75 Å². The normalized spacial score (nSPS) is 23.5. The molecule has 0 bridgehead atoms. The number of carbonyl (C=O) groups is 1. The average Bonchev–Trinajstić information content (AvgIpc) is 2.59. The van der Waals surface area contributed by atoms with Gasteiger partial charge >= 0.3 is 5.69 Å². The first-order valence-corrected chi connectivity index (χ1v) is 8.04. The van der Waals surface area contributed by atoms with Gasteiger partial charge in [0.2, 0.25) is 5.82 Å². The van der Waals surface area contributed by atoms with Gasteiger partial charge in [-0.1, -0.05) is 12.8 Å². The van der Waals surface area contributed by atoms with Gasteiger partial charge in [0, 0.05) is 18.7 Å². The van der Waals surface area contributed by atoms with E-state index in [4.69, 9.17) is 9.47 Å². The van der Waals surface area contributed by atoms with Crippen LogP contribution in [0.3, 0.4) is 0 Å². The molecule has 130 valence electrons. The zero-order valence-electron chi connectivity index (χ0n) is 13.2. The molecule has 1 aliphatic heterocycles. The predicted molar refractivity (Wildman–Crippen MR) is 82.3 cm³/mol. The Bertz CT molecular complexity index is 637. The van der Waals surface area contributed by atoms with Crippen molar-refractivity contribution < 1.29 is 23.6 Å². The van der Waals surface area contributed by atoms with Gasteiger partial charge in [0.15, 0.2) is 6.61 Å². The highest BCUT2D eigenvalue weighted by Gasteiger charge is 2.36. The number of nitro benzene ring substituents is 1. The van der Waals surface area contributed by atoms with Crippen molar-refractivity contribution in [3.8, 4) is 5.75 Å². The van der Waals surface area contributed by atoms with Gasteiger partial charge in [0.05, 0.1) is 23.7 Å². The lowest BCUT2D eigenvalue weighted by atomic mass is 9.90. The number of fused-ring (bicyclic) bond motifs is 1. The summed E-state index contributed by atoms with van der Waals surface area (Å²) < 4.78 is 24.6. The van der Waals surface area contributed by atoms with Gasteiger partial charge < -0.3 is 14.4 Å². The van der Waals surface area contributed by atoms with Crippen molar-refractivity contribution >= 4 is 11.6 Å². The van der Waals surface area contributed by atoms with Gasteiger partial charge in [-0.05, 0) is 18.9 Å².